The highest BCUT2D eigenvalue weighted by atomic mass is 16.3. The summed E-state index contributed by atoms with van der Waals surface area (Å²) in [5.74, 6) is 0.148. The van der Waals surface area contributed by atoms with Crippen molar-refractivity contribution in [3.05, 3.63) is 24.3 Å². The third kappa shape index (κ3) is 7.93. The van der Waals surface area contributed by atoms with Gasteiger partial charge in [-0.3, -0.25) is 0 Å². The van der Waals surface area contributed by atoms with E-state index in [1.807, 2.05) is 13.0 Å². The van der Waals surface area contributed by atoms with Crippen LogP contribution >= 0.6 is 0 Å². The number of hydrogen-bond acceptors (Lipinski definition) is 4. The number of allylic oxidation sites excluding steroid dienone is 4. The van der Waals surface area contributed by atoms with E-state index in [9.17, 15) is 15.3 Å². The van der Waals surface area contributed by atoms with Gasteiger partial charge in [-0.1, -0.05) is 24.3 Å². The second-order valence-electron chi connectivity index (χ2n) is 7.00. The zero-order valence-corrected chi connectivity index (χ0v) is 15.1. The highest BCUT2D eigenvalue weighted by molar-refractivity contribution is 4.96. The molecule has 0 bridgehead atoms. The quantitative estimate of drug-likeness (QED) is 0.325. The van der Waals surface area contributed by atoms with E-state index in [0.717, 1.165) is 44.9 Å². The molecule has 0 heterocycles. The molecule has 5 atom stereocenters. The Kier molecular flexibility index (Phi) is 11.3. The number of hydrogen-bond donors (Lipinski definition) is 4. The van der Waals surface area contributed by atoms with Crippen molar-refractivity contribution in [1.29, 1.82) is 0 Å². The van der Waals surface area contributed by atoms with E-state index in [1.165, 1.54) is 0 Å². The molecule has 140 valence electrons. The minimum absolute atomic E-state index is 0.0680. The van der Waals surface area contributed by atoms with Crippen LogP contribution in [-0.4, -0.2) is 45.3 Å². The SMILES string of the molecule is C/C=C/CCC(O)CC[C@@H]1[C@@H](C/C=C\CCCCO)[C@@H](O)C[C@H]1O. The maximum atomic E-state index is 10.2. The van der Waals surface area contributed by atoms with Crippen LogP contribution in [0.1, 0.15) is 64.7 Å². The van der Waals surface area contributed by atoms with Crippen LogP contribution < -0.4 is 0 Å². The van der Waals surface area contributed by atoms with Crippen molar-refractivity contribution in [2.45, 2.75) is 83.0 Å². The summed E-state index contributed by atoms with van der Waals surface area (Å²) in [4.78, 5) is 0. The van der Waals surface area contributed by atoms with E-state index in [1.54, 1.807) is 0 Å². The first-order chi connectivity index (χ1) is 11.6. The number of aliphatic hydroxyl groups is 4. The van der Waals surface area contributed by atoms with Gasteiger partial charge in [-0.15, -0.1) is 0 Å². The van der Waals surface area contributed by atoms with Gasteiger partial charge in [-0.05, 0) is 76.5 Å². The fourth-order valence-electron chi connectivity index (χ4n) is 3.64. The van der Waals surface area contributed by atoms with Gasteiger partial charge < -0.3 is 20.4 Å². The van der Waals surface area contributed by atoms with Gasteiger partial charge in [0.25, 0.3) is 0 Å². The number of aliphatic hydroxyl groups excluding tert-OH is 4. The Morgan fingerprint density at radius 3 is 2.42 bits per heavy atom. The van der Waals surface area contributed by atoms with Crippen molar-refractivity contribution in [3.8, 4) is 0 Å². The summed E-state index contributed by atoms with van der Waals surface area (Å²) in [7, 11) is 0. The maximum Gasteiger partial charge on any atom is 0.0599 e. The fourth-order valence-corrected chi connectivity index (χ4v) is 3.64. The zero-order chi connectivity index (χ0) is 17.8. The van der Waals surface area contributed by atoms with Crippen molar-refractivity contribution in [3.63, 3.8) is 0 Å². The van der Waals surface area contributed by atoms with Crippen LogP contribution in [0.4, 0.5) is 0 Å². The Morgan fingerprint density at radius 1 is 0.958 bits per heavy atom. The number of unbranched alkanes of at least 4 members (excludes halogenated alkanes) is 2. The molecule has 0 aromatic rings. The Morgan fingerprint density at radius 2 is 1.71 bits per heavy atom. The fraction of sp³-hybridized carbons (Fsp3) is 0.800. The summed E-state index contributed by atoms with van der Waals surface area (Å²) in [6, 6.07) is 0. The predicted molar refractivity (Wildman–Crippen MR) is 97.6 cm³/mol. The van der Waals surface area contributed by atoms with E-state index in [4.69, 9.17) is 5.11 Å². The second kappa shape index (κ2) is 12.6. The third-order valence-electron chi connectivity index (χ3n) is 5.11. The van der Waals surface area contributed by atoms with Crippen LogP contribution in [0, 0.1) is 11.8 Å². The van der Waals surface area contributed by atoms with E-state index in [-0.39, 0.29) is 24.5 Å². The highest BCUT2D eigenvalue weighted by Gasteiger charge is 2.40. The topological polar surface area (TPSA) is 80.9 Å². The van der Waals surface area contributed by atoms with Crippen LogP contribution in [0.15, 0.2) is 24.3 Å². The van der Waals surface area contributed by atoms with Crippen LogP contribution in [0.25, 0.3) is 0 Å². The van der Waals surface area contributed by atoms with E-state index in [2.05, 4.69) is 18.2 Å². The van der Waals surface area contributed by atoms with Gasteiger partial charge in [-0.2, -0.15) is 0 Å². The summed E-state index contributed by atoms with van der Waals surface area (Å²) >= 11 is 0. The minimum Gasteiger partial charge on any atom is -0.396 e. The van der Waals surface area contributed by atoms with Crippen LogP contribution in [0.3, 0.4) is 0 Å². The molecular weight excluding hydrogens is 304 g/mol. The first-order valence-corrected chi connectivity index (χ1v) is 9.51. The van der Waals surface area contributed by atoms with Gasteiger partial charge >= 0.3 is 0 Å². The van der Waals surface area contributed by atoms with Gasteiger partial charge in [0.15, 0.2) is 0 Å². The third-order valence-corrected chi connectivity index (χ3v) is 5.11. The van der Waals surface area contributed by atoms with Gasteiger partial charge in [0.05, 0.1) is 18.3 Å². The largest absolute Gasteiger partial charge is 0.396 e. The lowest BCUT2D eigenvalue weighted by atomic mass is 9.85. The molecule has 4 heteroatoms. The standard InChI is InChI=1S/C20H36O4/c1-2-3-7-10-16(22)12-13-18-17(19(23)15-20(18)24)11-8-5-4-6-9-14-21/h2-3,5,8,16-24H,4,6-7,9-15H2,1H3/b3-2+,8-5-/t16?,17-,18-,19+,20-/m1/s1. The molecule has 0 amide bonds. The van der Waals surface area contributed by atoms with Crippen LogP contribution in [0.5, 0.6) is 0 Å². The van der Waals surface area contributed by atoms with Crippen molar-refractivity contribution in [2.24, 2.45) is 11.8 Å². The highest BCUT2D eigenvalue weighted by Crippen LogP contribution is 2.38. The molecule has 0 aromatic carbocycles. The molecule has 0 radical (unpaired) electrons. The van der Waals surface area contributed by atoms with Gasteiger partial charge in [0, 0.05) is 6.61 Å². The summed E-state index contributed by atoms with van der Waals surface area (Å²) in [6.45, 7) is 2.21. The Bertz CT molecular complexity index is 367. The smallest absolute Gasteiger partial charge is 0.0599 e. The number of rotatable bonds is 12. The van der Waals surface area contributed by atoms with Crippen molar-refractivity contribution >= 4 is 0 Å². The molecule has 4 N–H and O–H groups in total. The molecule has 4 nitrogen and oxygen atoms in total. The van der Waals surface area contributed by atoms with E-state index < -0.39 is 12.2 Å². The first kappa shape index (κ1) is 21.4. The van der Waals surface area contributed by atoms with E-state index >= 15 is 0 Å². The average Bonchev–Trinajstić information content (AvgIpc) is 2.82. The first-order valence-electron chi connectivity index (χ1n) is 9.51. The molecule has 0 aromatic heterocycles. The molecule has 1 aliphatic rings. The summed E-state index contributed by atoms with van der Waals surface area (Å²) in [5.41, 5.74) is 0. The predicted octanol–water partition coefficient (Wildman–Crippen LogP) is 2.95. The summed E-state index contributed by atoms with van der Waals surface area (Å²) < 4.78 is 0. The lowest BCUT2D eigenvalue weighted by molar-refractivity contribution is 0.0859. The average molecular weight is 341 g/mol. The molecule has 0 spiro atoms. The van der Waals surface area contributed by atoms with Crippen LogP contribution in [-0.2, 0) is 0 Å². The molecule has 1 rings (SSSR count). The summed E-state index contributed by atoms with van der Waals surface area (Å²) in [5, 5.41) is 39.3. The van der Waals surface area contributed by atoms with Crippen molar-refractivity contribution < 1.29 is 20.4 Å². The molecule has 1 aliphatic carbocycles. The molecule has 1 fully saturated rings. The lowest BCUT2D eigenvalue weighted by Gasteiger charge is -2.23. The lowest BCUT2D eigenvalue weighted by Crippen LogP contribution is -2.23. The van der Waals surface area contributed by atoms with Gasteiger partial charge in [0.1, 0.15) is 0 Å². The Balaban J connectivity index is 2.38. The van der Waals surface area contributed by atoms with Crippen molar-refractivity contribution in [2.75, 3.05) is 6.61 Å². The molecule has 1 saturated carbocycles. The van der Waals surface area contributed by atoms with Gasteiger partial charge in [0.2, 0.25) is 0 Å². The summed E-state index contributed by atoms with van der Waals surface area (Å²) in [6.07, 6.45) is 14.1. The van der Waals surface area contributed by atoms with Gasteiger partial charge in [-0.25, -0.2) is 0 Å². The van der Waals surface area contributed by atoms with E-state index in [0.29, 0.717) is 12.8 Å². The Hall–Kier alpha value is -0.680. The maximum absolute atomic E-state index is 10.2. The normalized spacial score (nSPS) is 29.0. The Labute approximate surface area is 146 Å². The molecular formula is C20H36O4. The zero-order valence-electron chi connectivity index (χ0n) is 15.1. The molecule has 0 saturated heterocycles. The van der Waals surface area contributed by atoms with Crippen LogP contribution in [0.2, 0.25) is 0 Å². The minimum atomic E-state index is -0.462. The monoisotopic (exact) mass is 340 g/mol. The molecule has 0 aliphatic heterocycles. The second-order valence-corrected chi connectivity index (χ2v) is 7.00. The molecule has 1 unspecified atom stereocenters. The molecule has 24 heavy (non-hydrogen) atoms. The van der Waals surface area contributed by atoms with Crippen molar-refractivity contribution in [1.82, 2.24) is 0 Å².